The summed E-state index contributed by atoms with van der Waals surface area (Å²) in [5, 5.41) is 10.0. The van der Waals surface area contributed by atoms with E-state index in [-0.39, 0.29) is 5.41 Å². The summed E-state index contributed by atoms with van der Waals surface area (Å²) in [6, 6.07) is 10.2. The first kappa shape index (κ1) is 11.8. The van der Waals surface area contributed by atoms with Crippen molar-refractivity contribution < 1.29 is 0 Å². The van der Waals surface area contributed by atoms with Gasteiger partial charge in [-0.05, 0) is 17.5 Å². The zero-order chi connectivity index (χ0) is 12.5. The van der Waals surface area contributed by atoms with Crippen LogP contribution in [-0.4, -0.2) is 4.98 Å². The number of thiazole rings is 1. The van der Waals surface area contributed by atoms with E-state index in [1.807, 2.05) is 30.3 Å². The lowest BCUT2D eigenvalue weighted by Gasteiger charge is -2.11. The van der Waals surface area contributed by atoms with E-state index in [1.165, 1.54) is 0 Å². The van der Waals surface area contributed by atoms with Gasteiger partial charge in [0.25, 0.3) is 0 Å². The number of rotatable bonds is 1. The summed E-state index contributed by atoms with van der Waals surface area (Å²) in [5.74, 6) is 0. The van der Waals surface area contributed by atoms with Crippen LogP contribution in [0, 0.1) is 16.7 Å². The number of nitrogens with zero attached hydrogens (tertiary/aromatic N) is 2. The molecule has 0 aliphatic carbocycles. The van der Waals surface area contributed by atoms with E-state index in [1.54, 1.807) is 11.3 Å². The van der Waals surface area contributed by atoms with Crippen LogP contribution in [0.15, 0.2) is 30.3 Å². The van der Waals surface area contributed by atoms with Gasteiger partial charge in [0.15, 0.2) is 0 Å². The number of benzene rings is 1. The van der Waals surface area contributed by atoms with Crippen LogP contribution < -0.4 is 0 Å². The van der Waals surface area contributed by atoms with Gasteiger partial charge < -0.3 is 0 Å². The molecule has 2 aromatic rings. The molecule has 0 radical (unpaired) electrons. The van der Waals surface area contributed by atoms with E-state index in [2.05, 4.69) is 31.8 Å². The lowest BCUT2D eigenvalue weighted by molar-refractivity contribution is 0.546. The average molecular weight is 242 g/mol. The van der Waals surface area contributed by atoms with Gasteiger partial charge in [-0.15, -0.1) is 11.3 Å². The van der Waals surface area contributed by atoms with Crippen LogP contribution >= 0.6 is 11.3 Å². The molecule has 86 valence electrons. The molecule has 0 amide bonds. The van der Waals surface area contributed by atoms with Crippen LogP contribution in [0.2, 0.25) is 0 Å². The molecule has 1 aromatic carbocycles. The van der Waals surface area contributed by atoms with Gasteiger partial charge in [-0.1, -0.05) is 39.0 Å². The van der Waals surface area contributed by atoms with Gasteiger partial charge in [0.1, 0.15) is 11.1 Å². The fourth-order valence-corrected chi connectivity index (χ4v) is 2.49. The molecule has 0 spiro atoms. The molecule has 2 nitrogen and oxygen atoms in total. The molecule has 0 saturated heterocycles. The first-order chi connectivity index (χ1) is 7.99. The zero-order valence-electron chi connectivity index (χ0n) is 10.2. The molecule has 0 aliphatic heterocycles. The second kappa shape index (κ2) is 4.31. The van der Waals surface area contributed by atoms with Crippen molar-refractivity contribution in [2.45, 2.75) is 20.8 Å². The summed E-state index contributed by atoms with van der Waals surface area (Å²) < 4.78 is 1.12. The van der Waals surface area contributed by atoms with E-state index >= 15 is 0 Å². The van der Waals surface area contributed by atoms with Gasteiger partial charge in [0, 0.05) is 0 Å². The molecule has 3 heteroatoms. The average Bonchev–Trinajstić information content (AvgIpc) is 2.67. The molecule has 2 rings (SSSR count). The molecule has 0 unspecified atom stereocenters. The standard InChI is InChI=1S/C14H14N2S/c1-14(2,3)8-10(9-15)13-16-11-6-4-5-7-12(11)17-13/h4-8H,1-3H3/b10-8+. The van der Waals surface area contributed by atoms with Crippen LogP contribution in [0.5, 0.6) is 0 Å². The summed E-state index contributed by atoms with van der Waals surface area (Å²) in [4.78, 5) is 4.50. The second-order valence-corrected chi connectivity index (χ2v) is 6.05. The molecule has 0 bridgehead atoms. The Morgan fingerprint density at radius 1 is 1.35 bits per heavy atom. The lowest BCUT2D eigenvalue weighted by Crippen LogP contribution is -2.00. The Morgan fingerprint density at radius 3 is 2.65 bits per heavy atom. The van der Waals surface area contributed by atoms with E-state index in [0.29, 0.717) is 5.57 Å². The Hall–Kier alpha value is -1.66. The normalized spacial score (nSPS) is 12.7. The molecule has 0 atom stereocenters. The number of para-hydroxylation sites is 1. The number of allylic oxidation sites excluding steroid dienone is 2. The first-order valence-corrected chi connectivity index (χ1v) is 6.30. The van der Waals surface area contributed by atoms with Gasteiger partial charge >= 0.3 is 0 Å². The molecule has 1 heterocycles. The molecule has 0 saturated carbocycles. The van der Waals surface area contributed by atoms with Gasteiger partial charge in [-0.3, -0.25) is 0 Å². The van der Waals surface area contributed by atoms with Gasteiger partial charge in [0.2, 0.25) is 0 Å². The SMILES string of the molecule is CC(C)(C)/C=C(\C#N)c1nc2ccccc2s1. The predicted octanol–water partition coefficient (Wildman–Crippen LogP) is 4.25. The third-order valence-electron chi connectivity index (χ3n) is 2.22. The predicted molar refractivity (Wildman–Crippen MR) is 72.7 cm³/mol. The fraction of sp³-hybridized carbons (Fsp3) is 0.286. The van der Waals surface area contributed by atoms with Crippen LogP contribution in [-0.2, 0) is 0 Å². The smallest absolute Gasteiger partial charge is 0.134 e. The monoisotopic (exact) mass is 242 g/mol. The Kier molecular flexibility index (Phi) is 2.99. The molecule has 17 heavy (non-hydrogen) atoms. The number of nitriles is 1. The van der Waals surface area contributed by atoms with Crippen LogP contribution in [0.25, 0.3) is 15.8 Å². The molecular formula is C14H14N2S. The summed E-state index contributed by atoms with van der Waals surface area (Å²) >= 11 is 1.57. The Labute approximate surface area is 105 Å². The quantitative estimate of drug-likeness (QED) is 0.701. The first-order valence-electron chi connectivity index (χ1n) is 5.48. The van der Waals surface area contributed by atoms with E-state index in [4.69, 9.17) is 0 Å². The highest BCUT2D eigenvalue weighted by Gasteiger charge is 2.13. The minimum atomic E-state index is -0.0110. The fourth-order valence-electron chi connectivity index (χ4n) is 1.56. The maximum Gasteiger partial charge on any atom is 0.134 e. The molecule has 1 aromatic heterocycles. The summed E-state index contributed by atoms with van der Waals surface area (Å²) in [7, 11) is 0. The van der Waals surface area contributed by atoms with Crippen molar-refractivity contribution in [1.82, 2.24) is 4.98 Å². The molecular weight excluding hydrogens is 228 g/mol. The molecule has 0 aliphatic rings. The second-order valence-electron chi connectivity index (χ2n) is 5.02. The maximum atomic E-state index is 9.22. The number of aromatic nitrogens is 1. The topological polar surface area (TPSA) is 36.7 Å². The van der Waals surface area contributed by atoms with Gasteiger partial charge in [-0.2, -0.15) is 5.26 Å². The van der Waals surface area contributed by atoms with Gasteiger partial charge in [0.05, 0.1) is 15.8 Å². The largest absolute Gasteiger partial charge is 0.235 e. The van der Waals surface area contributed by atoms with Gasteiger partial charge in [-0.25, -0.2) is 4.98 Å². The van der Waals surface area contributed by atoms with Crippen molar-refractivity contribution in [2.75, 3.05) is 0 Å². The van der Waals surface area contributed by atoms with Crippen molar-refractivity contribution in [3.05, 3.63) is 35.3 Å². The van der Waals surface area contributed by atoms with Crippen LogP contribution in [0.1, 0.15) is 25.8 Å². The highest BCUT2D eigenvalue weighted by Crippen LogP contribution is 2.29. The van der Waals surface area contributed by atoms with Crippen LogP contribution in [0.4, 0.5) is 0 Å². The third kappa shape index (κ3) is 2.72. The van der Waals surface area contributed by atoms with Crippen molar-refractivity contribution >= 4 is 27.1 Å². The summed E-state index contributed by atoms with van der Waals surface area (Å²) in [5.41, 5.74) is 1.62. The highest BCUT2D eigenvalue weighted by atomic mass is 32.1. The Balaban J connectivity index is 2.52. The van der Waals surface area contributed by atoms with E-state index in [9.17, 15) is 5.26 Å². The van der Waals surface area contributed by atoms with E-state index < -0.39 is 0 Å². The Morgan fingerprint density at radius 2 is 2.06 bits per heavy atom. The third-order valence-corrected chi connectivity index (χ3v) is 3.29. The highest BCUT2D eigenvalue weighted by molar-refractivity contribution is 7.19. The maximum absolute atomic E-state index is 9.22. The van der Waals surface area contributed by atoms with Crippen molar-refractivity contribution in [3.8, 4) is 6.07 Å². The minimum absolute atomic E-state index is 0.0110. The summed E-state index contributed by atoms with van der Waals surface area (Å²) in [6.45, 7) is 6.24. The number of fused-ring (bicyclic) bond motifs is 1. The number of hydrogen-bond acceptors (Lipinski definition) is 3. The molecule has 0 N–H and O–H groups in total. The lowest BCUT2D eigenvalue weighted by atomic mass is 9.94. The Bertz CT molecular complexity index is 576. The van der Waals surface area contributed by atoms with Crippen molar-refractivity contribution in [2.24, 2.45) is 5.41 Å². The number of hydrogen-bond donors (Lipinski definition) is 0. The summed E-state index contributed by atoms with van der Waals surface area (Å²) in [6.07, 6.45) is 1.98. The van der Waals surface area contributed by atoms with E-state index in [0.717, 1.165) is 15.2 Å². The minimum Gasteiger partial charge on any atom is -0.235 e. The van der Waals surface area contributed by atoms with Crippen molar-refractivity contribution in [1.29, 1.82) is 5.26 Å². The van der Waals surface area contributed by atoms with Crippen molar-refractivity contribution in [3.63, 3.8) is 0 Å². The molecule has 0 fully saturated rings. The van der Waals surface area contributed by atoms with Crippen LogP contribution in [0.3, 0.4) is 0 Å². The zero-order valence-corrected chi connectivity index (χ0v) is 11.0.